The van der Waals surface area contributed by atoms with Crippen molar-refractivity contribution in [1.29, 1.82) is 0 Å². The second-order valence-corrected chi connectivity index (χ2v) is 9.71. The Morgan fingerprint density at radius 2 is 0.964 bits per heavy atom. The first-order valence-electron chi connectivity index (χ1n) is 8.89. The third-order valence-electron chi connectivity index (χ3n) is 4.28. The Balaban J connectivity index is 1.97. The Bertz CT molecular complexity index is 1030. The van der Waals surface area contributed by atoms with Crippen LogP contribution in [0.1, 0.15) is 20.7 Å². The average molecular weight is 379 g/mol. The van der Waals surface area contributed by atoms with Crippen molar-refractivity contribution in [1.82, 2.24) is 0 Å². The van der Waals surface area contributed by atoms with Gasteiger partial charge in [-0.25, -0.2) is 0 Å². The predicted octanol–water partition coefficient (Wildman–Crippen LogP) is 3.82. The van der Waals surface area contributed by atoms with Crippen LogP contribution >= 0.6 is 0 Å². The van der Waals surface area contributed by atoms with E-state index in [1.165, 1.54) is 0 Å². The summed E-state index contributed by atoms with van der Waals surface area (Å²) in [5.41, 5.74) is 7.36. The molecule has 0 aromatic heterocycles. The molecular weight excluding hydrogens is 360 g/mol. The molecule has 0 bridgehead atoms. The summed E-state index contributed by atoms with van der Waals surface area (Å²) >= 11 is 0. The molecule has 28 heavy (non-hydrogen) atoms. The molecule has 0 spiro atoms. The van der Waals surface area contributed by atoms with Gasteiger partial charge in [0.25, 0.3) is 0 Å². The van der Waals surface area contributed by atoms with E-state index in [0.717, 1.165) is 5.19 Å². The maximum atomic E-state index is 12.4. The van der Waals surface area contributed by atoms with Gasteiger partial charge in [-0.1, -0.05) is 91.0 Å². The highest BCUT2D eigenvalue weighted by Crippen LogP contribution is 2.05. The molecule has 3 rings (SSSR count). The summed E-state index contributed by atoms with van der Waals surface area (Å²) in [6, 6.07) is 27.6. The Labute approximate surface area is 166 Å². The first kappa shape index (κ1) is 19.1. The zero-order chi connectivity index (χ0) is 19.8. The quantitative estimate of drug-likeness (QED) is 0.394. The molecule has 0 radical (unpaired) electrons. The van der Waals surface area contributed by atoms with E-state index < -0.39 is 8.07 Å². The van der Waals surface area contributed by atoms with E-state index in [1.54, 1.807) is 48.5 Å². The second kappa shape index (κ2) is 8.82. The molecule has 0 N–H and O–H groups in total. The maximum absolute atomic E-state index is 12.4. The second-order valence-electron chi connectivity index (χ2n) is 6.38. The summed E-state index contributed by atoms with van der Waals surface area (Å²) in [5, 5.41) is 0.969. The van der Waals surface area contributed by atoms with Gasteiger partial charge in [0.05, 0.1) is 0 Å². The van der Waals surface area contributed by atoms with Crippen LogP contribution in [0.3, 0.4) is 0 Å². The van der Waals surface area contributed by atoms with Gasteiger partial charge in [0.2, 0.25) is 19.6 Å². The summed E-state index contributed by atoms with van der Waals surface area (Å²) < 4.78 is 0. The van der Waals surface area contributed by atoms with Gasteiger partial charge in [-0.05, 0) is 23.6 Å². The summed E-state index contributed by atoms with van der Waals surface area (Å²) in [6.45, 7) is 1.96. The van der Waals surface area contributed by atoms with Crippen molar-refractivity contribution >= 4 is 24.8 Å². The molecule has 0 aliphatic heterocycles. The van der Waals surface area contributed by atoms with Gasteiger partial charge in [0, 0.05) is 11.1 Å². The molecule has 0 saturated carbocycles. The average Bonchev–Trinajstić information content (AvgIpc) is 2.77. The van der Waals surface area contributed by atoms with Crippen LogP contribution in [0.15, 0.2) is 91.0 Å². The molecule has 3 heteroatoms. The van der Waals surface area contributed by atoms with E-state index in [2.05, 4.69) is 22.9 Å². The lowest BCUT2D eigenvalue weighted by molar-refractivity contribution is 0.104. The fourth-order valence-corrected chi connectivity index (χ4v) is 4.57. The number of rotatable bonds is 3. The lowest BCUT2D eigenvalue weighted by Crippen LogP contribution is -2.43. The van der Waals surface area contributed by atoms with Gasteiger partial charge in [0.1, 0.15) is 0 Å². The highest BCUT2D eigenvalue weighted by atomic mass is 28.3. The molecule has 0 atom stereocenters. The fourth-order valence-electron chi connectivity index (χ4n) is 2.63. The van der Waals surface area contributed by atoms with Crippen LogP contribution in [0.5, 0.6) is 0 Å². The Morgan fingerprint density at radius 3 is 1.36 bits per heavy atom. The molecule has 2 nitrogen and oxygen atoms in total. The third kappa shape index (κ3) is 4.74. The highest BCUT2D eigenvalue weighted by molar-refractivity contribution is 7.03. The summed E-state index contributed by atoms with van der Waals surface area (Å²) in [5.74, 6) is 5.03. The molecule has 0 heterocycles. The van der Waals surface area contributed by atoms with Crippen LogP contribution < -0.4 is 5.19 Å². The number of hydrogen-bond donors (Lipinski definition) is 0. The minimum atomic E-state index is -2.68. The van der Waals surface area contributed by atoms with E-state index in [-0.39, 0.29) is 11.6 Å². The van der Waals surface area contributed by atoms with Crippen molar-refractivity contribution in [2.45, 2.75) is 6.55 Å². The van der Waals surface area contributed by atoms with Gasteiger partial charge < -0.3 is 0 Å². The minimum absolute atomic E-state index is 0.244. The molecule has 0 unspecified atom stereocenters. The normalized spacial score (nSPS) is 10.0. The number of ketones is 2. The first-order chi connectivity index (χ1) is 13.6. The molecule has 3 aromatic carbocycles. The number of carbonyl (C=O) groups excluding carboxylic acids is 2. The minimum Gasteiger partial charge on any atom is -0.279 e. The molecule has 0 amide bonds. The molecule has 3 aromatic rings. The molecule has 0 fully saturated rings. The van der Waals surface area contributed by atoms with Crippen molar-refractivity contribution in [2.75, 3.05) is 0 Å². The molecule has 134 valence electrons. The van der Waals surface area contributed by atoms with Crippen molar-refractivity contribution in [3.63, 3.8) is 0 Å². The van der Waals surface area contributed by atoms with Crippen LogP contribution in [0, 0.1) is 22.9 Å². The van der Waals surface area contributed by atoms with Gasteiger partial charge in [-0.2, -0.15) is 0 Å². The zero-order valence-corrected chi connectivity index (χ0v) is 16.5. The topological polar surface area (TPSA) is 34.1 Å². The van der Waals surface area contributed by atoms with E-state index >= 15 is 0 Å². The monoisotopic (exact) mass is 378 g/mol. The Kier molecular flexibility index (Phi) is 6.02. The lowest BCUT2D eigenvalue weighted by Gasteiger charge is -2.13. The largest absolute Gasteiger partial charge is 0.279 e. The summed E-state index contributed by atoms with van der Waals surface area (Å²) in [4.78, 5) is 24.8. The SMILES string of the molecule is C[Si](C#CC(=O)c1ccccc1)(C#CC(=O)c1ccccc1)c1ccccc1. The number of benzene rings is 3. The first-order valence-corrected chi connectivity index (χ1v) is 11.4. The summed E-state index contributed by atoms with van der Waals surface area (Å²) in [7, 11) is -2.68. The molecular formula is C25H18O2Si. The van der Waals surface area contributed by atoms with E-state index in [1.807, 2.05) is 49.0 Å². The predicted molar refractivity (Wildman–Crippen MR) is 115 cm³/mol. The van der Waals surface area contributed by atoms with Crippen molar-refractivity contribution in [3.05, 3.63) is 102 Å². The summed E-state index contributed by atoms with van der Waals surface area (Å²) in [6.07, 6.45) is 0. The number of hydrogen-bond acceptors (Lipinski definition) is 2. The van der Waals surface area contributed by atoms with Gasteiger partial charge >= 0.3 is 0 Å². The van der Waals surface area contributed by atoms with Crippen LogP contribution in [0.4, 0.5) is 0 Å². The van der Waals surface area contributed by atoms with Crippen LogP contribution in [-0.4, -0.2) is 19.6 Å². The fraction of sp³-hybridized carbons (Fsp3) is 0.0400. The van der Waals surface area contributed by atoms with Crippen molar-refractivity contribution in [2.24, 2.45) is 0 Å². The smallest absolute Gasteiger partial charge is 0.244 e. The van der Waals surface area contributed by atoms with E-state index in [9.17, 15) is 9.59 Å². The van der Waals surface area contributed by atoms with E-state index in [4.69, 9.17) is 0 Å². The lowest BCUT2D eigenvalue weighted by atomic mass is 10.1. The Morgan fingerprint density at radius 1 is 0.607 bits per heavy atom. The van der Waals surface area contributed by atoms with Gasteiger partial charge in [0.15, 0.2) is 0 Å². The standard InChI is InChI=1S/C25H18O2Si/c1-28(23-15-9-4-10-16-23,19-17-24(26)21-11-5-2-6-12-21)20-18-25(27)22-13-7-3-8-14-22/h2-16H,1H3. The number of carbonyl (C=O) groups is 2. The zero-order valence-electron chi connectivity index (χ0n) is 15.5. The van der Waals surface area contributed by atoms with Crippen LogP contribution in [-0.2, 0) is 0 Å². The van der Waals surface area contributed by atoms with Crippen molar-refractivity contribution < 1.29 is 9.59 Å². The van der Waals surface area contributed by atoms with Gasteiger partial charge in [-0.15, -0.1) is 11.1 Å². The molecule has 0 saturated heterocycles. The molecule has 0 aliphatic carbocycles. The third-order valence-corrected chi connectivity index (χ3v) is 7.01. The van der Waals surface area contributed by atoms with Crippen LogP contribution in [0.25, 0.3) is 0 Å². The van der Waals surface area contributed by atoms with Crippen LogP contribution in [0.2, 0.25) is 6.55 Å². The maximum Gasteiger partial charge on any atom is 0.244 e. The van der Waals surface area contributed by atoms with E-state index in [0.29, 0.717) is 11.1 Å². The molecule has 0 aliphatic rings. The number of Topliss-reactive ketones (excluding diaryl/α,β-unsaturated/α-hetero) is 2. The Hall–Kier alpha value is -3.66. The van der Waals surface area contributed by atoms with Crippen molar-refractivity contribution in [3.8, 4) is 22.9 Å². The van der Waals surface area contributed by atoms with Gasteiger partial charge in [-0.3, -0.25) is 9.59 Å². The highest BCUT2D eigenvalue weighted by Gasteiger charge is 2.26.